The molecule has 0 unspecified atom stereocenters. The maximum absolute atomic E-state index is 12.9. The Morgan fingerprint density at radius 1 is 1.12 bits per heavy atom. The predicted octanol–water partition coefficient (Wildman–Crippen LogP) is 4.72. The standard InChI is InChI=1S/C25H24F3N5O/c26-25(27,28)20-8-9-23(30-17-20)31-13-4-14-32(16-15-31)24(34)10-7-19-18-33(12-3-11-29)22-6-2-1-5-21(19)22/h1-2,5-10,17-18H,3-4,12-16H2/b10-7+. The third kappa shape index (κ3) is 5.22. The van der Waals surface area contributed by atoms with Gasteiger partial charge in [0.25, 0.3) is 0 Å². The van der Waals surface area contributed by atoms with Gasteiger partial charge in [-0.25, -0.2) is 4.98 Å². The number of hydrogen-bond acceptors (Lipinski definition) is 4. The molecule has 1 saturated heterocycles. The third-order valence-electron chi connectivity index (χ3n) is 5.90. The van der Waals surface area contributed by atoms with Crippen molar-refractivity contribution in [3.05, 3.63) is 66.0 Å². The molecule has 0 atom stereocenters. The van der Waals surface area contributed by atoms with Crippen LogP contribution in [0.1, 0.15) is 24.0 Å². The van der Waals surface area contributed by atoms with Gasteiger partial charge in [-0.05, 0) is 30.7 Å². The second kappa shape index (κ2) is 10.00. The first-order valence-corrected chi connectivity index (χ1v) is 11.1. The first-order valence-electron chi connectivity index (χ1n) is 11.1. The SMILES string of the molecule is N#CCCn1cc(/C=C/C(=O)N2CCCN(c3ccc(C(F)(F)F)cn3)CC2)c2ccccc21. The molecule has 176 valence electrons. The van der Waals surface area contributed by atoms with Crippen molar-refractivity contribution in [2.24, 2.45) is 0 Å². The fraction of sp³-hybridized carbons (Fsp3) is 0.320. The van der Waals surface area contributed by atoms with Crippen LogP contribution < -0.4 is 4.90 Å². The maximum Gasteiger partial charge on any atom is 0.417 e. The first kappa shape index (κ1) is 23.4. The number of alkyl halides is 3. The van der Waals surface area contributed by atoms with Gasteiger partial charge in [0.15, 0.2) is 0 Å². The molecule has 2 aromatic heterocycles. The molecule has 1 amide bonds. The smallest absolute Gasteiger partial charge is 0.355 e. The van der Waals surface area contributed by atoms with Crippen LogP contribution in [0.5, 0.6) is 0 Å². The Bertz CT molecular complexity index is 1220. The summed E-state index contributed by atoms with van der Waals surface area (Å²) >= 11 is 0. The average Bonchev–Trinajstić information content (AvgIpc) is 3.00. The minimum atomic E-state index is -4.41. The van der Waals surface area contributed by atoms with Crippen molar-refractivity contribution < 1.29 is 18.0 Å². The van der Waals surface area contributed by atoms with E-state index in [0.717, 1.165) is 28.7 Å². The molecular formula is C25H24F3N5O. The van der Waals surface area contributed by atoms with Crippen molar-refractivity contribution >= 4 is 28.7 Å². The van der Waals surface area contributed by atoms with Crippen LogP contribution in [0.3, 0.4) is 0 Å². The fourth-order valence-electron chi connectivity index (χ4n) is 4.14. The molecule has 0 bridgehead atoms. The van der Waals surface area contributed by atoms with E-state index < -0.39 is 11.7 Å². The van der Waals surface area contributed by atoms with E-state index in [9.17, 15) is 18.0 Å². The highest BCUT2D eigenvalue weighted by Crippen LogP contribution is 2.29. The molecular weight excluding hydrogens is 443 g/mol. The minimum Gasteiger partial charge on any atom is -0.355 e. The van der Waals surface area contributed by atoms with Gasteiger partial charge >= 0.3 is 6.18 Å². The lowest BCUT2D eigenvalue weighted by Gasteiger charge is -2.22. The third-order valence-corrected chi connectivity index (χ3v) is 5.90. The number of benzene rings is 1. The number of fused-ring (bicyclic) bond motifs is 1. The molecule has 3 heterocycles. The van der Waals surface area contributed by atoms with E-state index >= 15 is 0 Å². The van der Waals surface area contributed by atoms with Gasteiger partial charge < -0.3 is 14.4 Å². The molecule has 0 saturated carbocycles. The number of halogens is 3. The normalized spacial score (nSPS) is 15.0. The second-order valence-electron chi connectivity index (χ2n) is 8.11. The van der Waals surface area contributed by atoms with Crippen molar-refractivity contribution in [3.8, 4) is 6.07 Å². The van der Waals surface area contributed by atoms with E-state index in [2.05, 4.69) is 11.1 Å². The summed E-state index contributed by atoms with van der Waals surface area (Å²) in [7, 11) is 0. The Balaban J connectivity index is 1.42. The molecule has 0 spiro atoms. The van der Waals surface area contributed by atoms with Crippen LogP contribution in [-0.4, -0.2) is 46.5 Å². The average molecular weight is 467 g/mol. The molecule has 6 nitrogen and oxygen atoms in total. The summed E-state index contributed by atoms with van der Waals surface area (Å²) in [6.45, 7) is 2.70. The zero-order valence-corrected chi connectivity index (χ0v) is 18.5. The summed E-state index contributed by atoms with van der Waals surface area (Å²) in [5.74, 6) is 0.360. The number of nitriles is 1. The number of carbonyl (C=O) groups is 1. The highest BCUT2D eigenvalue weighted by atomic mass is 19.4. The van der Waals surface area contributed by atoms with Crippen molar-refractivity contribution in [3.63, 3.8) is 0 Å². The number of amides is 1. The summed E-state index contributed by atoms with van der Waals surface area (Å²) in [4.78, 5) is 20.5. The molecule has 1 aliphatic rings. The molecule has 0 aliphatic carbocycles. The second-order valence-corrected chi connectivity index (χ2v) is 8.11. The molecule has 9 heteroatoms. The minimum absolute atomic E-state index is 0.115. The van der Waals surface area contributed by atoms with Crippen LogP contribution in [-0.2, 0) is 17.5 Å². The summed E-state index contributed by atoms with van der Waals surface area (Å²) in [5.41, 5.74) is 1.15. The van der Waals surface area contributed by atoms with Crippen LogP contribution in [0.2, 0.25) is 0 Å². The zero-order valence-electron chi connectivity index (χ0n) is 18.5. The van der Waals surface area contributed by atoms with Crippen LogP contribution >= 0.6 is 0 Å². The molecule has 34 heavy (non-hydrogen) atoms. The number of pyridine rings is 1. The largest absolute Gasteiger partial charge is 0.417 e. The van der Waals surface area contributed by atoms with E-state index in [4.69, 9.17) is 5.26 Å². The van der Waals surface area contributed by atoms with Gasteiger partial charge in [0.1, 0.15) is 5.82 Å². The number of hydrogen-bond donors (Lipinski definition) is 0. The van der Waals surface area contributed by atoms with Gasteiger partial charge in [-0.1, -0.05) is 18.2 Å². The number of carbonyl (C=O) groups excluding carboxylic acids is 1. The van der Waals surface area contributed by atoms with Gasteiger partial charge in [-0.15, -0.1) is 0 Å². The van der Waals surface area contributed by atoms with E-state index in [1.54, 1.807) is 17.1 Å². The van der Waals surface area contributed by atoms with Gasteiger partial charge in [0.05, 0.1) is 18.1 Å². The van der Waals surface area contributed by atoms with Gasteiger partial charge in [0, 0.05) is 67.7 Å². The number of aryl methyl sites for hydroxylation is 1. The molecule has 0 N–H and O–H groups in total. The maximum atomic E-state index is 12.9. The highest BCUT2D eigenvalue weighted by molar-refractivity contribution is 5.96. The summed E-state index contributed by atoms with van der Waals surface area (Å²) in [5, 5.41) is 9.92. The van der Waals surface area contributed by atoms with Crippen LogP contribution in [0, 0.1) is 11.3 Å². The molecule has 4 rings (SSSR count). The number of aromatic nitrogens is 2. The van der Waals surface area contributed by atoms with E-state index in [1.165, 1.54) is 6.07 Å². The molecule has 1 aliphatic heterocycles. The molecule has 0 radical (unpaired) electrons. The van der Waals surface area contributed by atoms with Gasteiger partial charge in [-0.2, -0.15) is 18.4 Å². The highest BCUT2D eigenvalue weighted by Gasteiger charge is 2.31. The van der Waals surface area contributed by atoms with Gasteiger partial charge in [0.2, 0.25) is 5.91 Å². The summed E-state index contributed by atoms with van der Waals surface area (Å²) in [6, 6.07) is 12.4. The summed E-state index contributed by atoms with van der Waals surface area (Å²) in [6.07, 6.45) is 2.83. The predicted molar refractivity (Wildman–Crippen MR) is 124 cm³/mol. The van der Waals surface area contributed by atoms with Crippen LogP contribution in [0.25, 0.3) is 17.0 Å². The fourth-order valence-corrected chi connectivity index (χ4v) is 4.14. The number of para-hydroxylation sites is 1. The van der Waals surface area contributed by atoms with E-state index in [1.807, 2.05) is 39.9 Å². The van der Waals surface area contributed by atoms with E-state index in [-0.39, 0.29) is 5.91 Å². The lowest BCUT2D eigenvalue weighted by molar-refractivity contribution is -0.137. The van der Waals surface area contributed by atoms with Crippen molar-refractivity contribution in [1.29, 1.82) is 5.26 Å². The Morgan fingerprint density at radius 3 is 2.68 bits per heavy atom. The van der Waals surface area contributed by atoms with Crippen LogP contribution in [0.4, 0.5) is 19.0 Å². The lowest BCUT2D eigenvalue weighted by Crippen LogP contribution is -2.34. The summed E-state index contributed by atoms with van der Waals surface area (Å²) < 4.78 is 40.4. The van der Waals surface area contributed by atoms with Gasteiger partial charge in [-0.3, -0.25) is 4.79 Å². The van der Waals surface area contributed by atoms with Crippen molar-refractivity contribution in [2.75, 3.05) is 31.1 Å². The zero-order chi connectivity index (χ0) is 24.1. The number of rotatable bonds is 5. The monoisotopic (exact) mass is 467 g/mol. The van der Waals surface area contributed by atoms with E-state index in [0.29, 0.717) is 51.4 Å². The number of nitrogens with zero attached hydrogens (tertiary/aromatic N) is 5. The molecule has 3 aromatic rings. The number of anilines is 1. The lowest BCUT2D eigenvalue weighted by atomic mass is 10.1. The van der Waals surface area contributed by atoms with Crippen LogP contribution in [0.15, 0.2) is 54.9 Å². The first-order chi connectivity index (χ1) is 16.4. The molecule has 1 aromatic carbocycles. The van der Waals surface area contributed by atoms with Crippen molar-refractivity contribution in [2.45, 2.75) is 25.6 Å². The Hall–Kier alpha value is -3.80. The Kier molecular flexibility index (Phi) is 6.87. The Morgan fingerprint density at radius 2 is 1.94 bits per heavy atom. The topological polar surface area (TPSA) is 65.2 Å². The molecule has 1 fully saturated rings. The Labute approximate surface area is 195 Å². The van der Waals surface area contributed by atoms with Crippen molar-refractivity contribution in [1.82, 2.24) is 14.5 Å². The quantitative estimate of drug-likeness (QED) is 0.510.